The first kappa shape index (κ1) is 14.0. The van der Waals surface area contributed by atoms with Crippen LogP contribution in [0.5, 0.6) is 0 Å². The maximum Gasteiger partial charge on any atom is 0.0901 e. The maximum absolute atomic E-state index is 5.19. The van der Waals surface area contributed by atoms with E-state index < -0.39 is 0 Å². The summed E-state index contributed by atoms with van der Waals surface area (Å²) in [5.74, 6) is 0. The fourth-order valence-corrected chi connectivity index (χ4v) is 2.55. The van der Waals surface area contributed by atoms with Gasteiger partial charge in [0.15, 0.2) is 0 Å². The van der Waals surface area contributed by atoms with E-state index in [1.807, 2.05) is 6.92 Å². The summed E-state index contributed by atoms with van der Waals surface area (Å²) in [6, 6.07) is 8.77. The number of ether oxygens (including phenoxy) is 1. The molecule has 0 saturated carbocycles. The first-order valence-corrected chi connectivity index (χ1v) is 7.39. The minimum atomic E-state index is 0.359. The molecule has 19 heavy (non-hydrogen) atoms. The molecule has 1 aromatic carbocycles. The van der Waals surface area contributed by atoms with E-state index in [0.717, 1.165) is 35.0 Å². The van der Waals surface area contributed by atoms with E-state index in [0.29, 0.717) is 6.04 Å². The summed E-state index contributed by atoms with van der Waals surface area (Å²) in [7, 11) is 1.73. The fourth-order valence-electron chi connectivity index (χ4n) is 1.93. The largest absolute Gasteiger partial charge is 0.383 e. The average molecular weight is 276 g/mol. The van der Waals surface area contributed by atoms with E-state index in [1.54, 1.807) is 18.4 Å². The van der Waals surface area contributed by atoms with Crippen molar-refractivity contribution in [2.24, 2.45) is 0 Å². The molecule has 3 nitrogen and oxygen atoms in total. The summed E-state index contributed by atoms with van der Waals surface area (Å²) < 4.78 is 5.19. The van der Waals surface area contributed by atoms with Gasteiger partial charge in [0.2, 0.25) is 0 Å². The van der Waals surface area contributed by atoms with Gasteiger partial charge in [0.05, 0.1) is 17.3 Å². The van der Waals surface area contributed by atoms with E-state index in [-0.39, 0.29) is 0 Å². The predicted octanol–water partition coefficient (Wildman–Crippen LogP) is 3.96. The summed E-state index contributed by atoms with van der Waals surface area (Å²) in [6.45, 7) is 4.91. The second-order valence-corrected chi connectivity index (χ2v) is 5.60. The quantitative estimate of drug-likeness (QED) is 0.867. The Hall–Kier alpha value is -1.39. The Labute approximate surface area is 118 Å². The molecule has 1 atom stereocenters. The molecule has 0 saturated heterocycles. The molecular formula is C15H20N2OS. The second-order valence-electron chi connectivity index (χ2n) is 4.53. The first-order valence-electron chi connectivity index (χ1n) is 6.51. The molecule has 1 unspecified atom stereocenters. The van der Waals surface area contributed by atoms with Gasteiger partial charge in [-0.15, -0.1) is 11.3 Å². The number of nitrogens with one attached hydrogen (secondary N) is 1. The highest BCUT2D eigenvalue weighted by Gasteiger charge is 2.06. The van der Waals surface area contributed by atoms with Crippen LogP contribution in [-0.2, 0) is 4.74 Å². The smallest absolute Gasteiger partial charge is 0.0901 e. The van der Waals surface area contributed by atoms with Gasteiger partial charge in [-0.1, -0.05) is 19.1 Å². The lowest BCUT2D eigenvalue weighted by Crippen LogP contribution is -2.23. The number of aryl methyl sites for hydroxylation is 1. The number of anilines is 1. The number of aromatic nitrogens is 1. The third kappa shape index (κ3) is 3.78. The van der Waals surface area contributed by atoms with E-state index in [9.17, 15) is 0 Å². The van der Waals surface area contributed by atoms with Crippen molar-refractivity contribution in [3.05, 3.63) is 34.7 Å². The van der Waals surface area contributed by atoms with Crippen LogP contribution >= 0.6 is 11.3 Å². The zero-order valence-electron chi connectivity index (χ0n) is 11.6. The molecule has 1 heterocycles. The van der Waals surface area contributed by atoms with Crippen molar-refractivity contribution in [2.45, 2.75) is 26.3 Å². The number of nitrogens with zero attached hydrogens (tertiary/aromatic N) is 1. The molecule has 0 fully saturated rings. The Morgan fingerprint density at radius 1 is 1.32 bits per heavy atom. The Kier molecular flexibility index (Phi) is 4.93. The van der Waals surface area contributed by atoms with Crippen LogP contribution in [0.4, 0.5) is 5.69 Å². The highest BCUT2D eigenvalue weighted by atomic mass is 32.1. The van der Waals surface area contributed by atoms with E-state index in [4.69, 9.17) is 4.74 Å². The molecule has 2 aromatic rings. The first-order chi connectivity index (χ1) is 9.22. The molecule has 0 bridgehead atoms. The SMILES string of the molecule is CCC(COC)Nc1ccc(-c2csc(C)n2)cc1. The molecule has 0 amide bonds. The van der Waals surface area contributed by atoms with Crippen molar-refractivity contribution in [1.29, 1.82) is 0 Å². The maximum atomic E-state index is 5.19. The van der Waals surface area contributed by atoms with Crippen LogP contribution in [0.25, 0.3) is 11.3 Å². The van der Waals surface area contributed by atoms with Crippen molar-refractivity contribution >= 4 is 17.0 Å². The Balaban J connectivity index is 2.06. The zero-order chi connectivity index (χ0) is 13.7. The van der Waals surface area contributed by atoms with Crippen molar-refractivity contribution in [1.82, 2.24) is 4.98 Å². The minimum Gasteiger partial charge on any atom is -0.383 e. The van der Waals surface area contributed by atoms with Gasteiger partial charge >= 0.3 is 0 Å². The standard InChI is InChI=1S/C15H20N2OS/c1-4-13(9-18-3)17-14-7-5-12(6-8-14)15-10-19-11(2)16-15/h5-8,10,13,17H,4,9H2,1-3H3. The van der Waals surface area contributed by atoms with Crippen LogP contribution in [0.3, 0.4) is 0 Å². The number of methoxy groups -OCH3 is 1. The van der Waals surface area contributed by atoms with E-state index in [2.05, 4.69) is 46.9 Å². The highest BCUT2D eigenvalue weighted by Crippen LogP contribution is 2.23. The van der Waals surface area contributed by atoms with Gasteiger partial charge in [0.1, 0.15) is 0 Å². The van der Waals surface area contributed by atoms with Crippen LogP contribution in [-0.4, -0.2) is 24.7 Å². The monoisotopic (exact) mass is 276 g/mol. The van der Waals surface area contributed by atoms with Crippen molar-refractivity contribution in [3.8, 4) is 11.3 Å². The number of benzene rings is 1. The topological polar surface area (TPSA) is 34.1 Å². The lowest BCUT2D eigenvalue weighted by Gasteiger charge is -2.17. The number of rotatable bonds is 6. The lowest BCUT2D eigenvalue weighted by molar-refractivity contribution is 0.184. The van der Waals surface area contributed by atoms with Crippen LogP contribution in [0.1, 0.15) is 18.4 Å². The molecule has 1 aromatic heterocycles. The molecule has 1 N–H and O–H groups in total. The molecule has 2 rings (SSSR count). The third-order valence-corrected chi connectivity index (χ3v) is 3.80. The molecule has 0 aliphatic heterocycles. The number of hydrogen-bond donors (Lipinski definition) is 1. The average Bonchev–Trinajstić information content (AvgIpc) is 2.86. The fraction of sp³-hybridized carbons (Fsp3) is 0.400. The summed E-state index contributed by atoms with van der Waals surface area (Å²) >= 11 is 1.68. The predicted molar refractivity (Wildman–Crippen MR) is 81.9 cm³/mol. The Morgan fingerprint density at radius 3 is 2.58 bits per heavy atom. The summed E-state index contributed by atoms with van der Waals surface area (Å²) in [4.78, 5) is 4.50. The van der Waals surface area contributed by atoms with Crippen LogP contribution in [0, 0.1) is 6.92 Å². The van der Waals surface area contributed by atoms with Crippen LogP contribution < -0.4 is 5.32 Å². The van der Waals surface area contributed by atoms with Gasteiger partial charge in [-0.25, -0.2) is 4.98 Å². The highest BCUT2D eigenvalue weighted by molar-refractivity contribution is 7.09. The molecule has 0 spiro atoms. The van der Waals surface area contributed by atoms with Gasteiger partial charge in [0.25, 0.3) is 0 Å². The minimum absolute atomic E-state index is 0.359. The zero-order valence-corrected chi connectivity index (χ0v) is 12.5. The molecule has 4 heteroatoms. The number of thiazole rings is 1. The third-order valence-electron chi connectivity index (χ3n) is 3.03. The summed E-state index contributed by atoms with van der Waals surface area (Å²) in [6.07, 6.45) is 1.04. The van der Waals surface area contributed by atoms with Gasteiger partial charge in [0, 0.05) is 29.8 Å². The van der Waals surface area contributed by atoms with Crippen LogP contribution in [0.2, 0.25) is 0 Å². The van der Waals surface area contributed by atoms with E-state index in [1.165, 1.54) is 0 Å². The Bertz CT molecular complexity index is 507. The Morgan fingerprint density at radius 2 is 2.05 bits per heavy atom. The number of hydrogen-bond acceptors (Lipinski definition) is 4. The van der Waals surface area contributed by atoms with Gasteiger partial charge in [-0.3, -0.25) is 0 Å². The second kappa shape index (κ2) is 6.68. The van der Waals surface area contributed by atoms with Gasteiger partial charge in [-0.05, 0) is 25.5 Å². The van der Waals surface area contributed by atoms with Crippen molar-refractivity contribution < 1.29 is 4.74 Å². The summed E-state index contributed by atoms with van der Waals surface area (Å²) in [5.41, 5.74) is 3.34. The molecule has 102 valence electrons. The van der Waals surface area contributed by atoms with E-state index >= 15 is 0 Å². The lowest BCUT2D eigenvalue weighted by atomic mass is 10.1. The molecule has 0 aliphatic rings. The molecule has 0 aliphatic carbocycles. The van der Waals surface area contributed by atoms with Gasteiger partial charge < -0.3 is 10.1 Å². The normalized spacial score (nSPS) is 12.4. The molecule has 0 radical (unpaired) electrons. The summed E-state index contributed by atoms with van der Waals surface area (Å²) in [5, 5.41) is 6.67. The van der Waals surface area contributed by atoms with Gasteiger partial charge in [-0.2, -0.15) is 0 Å². The van der Waals surface area contributed by atoms with Crippen LogP contribution in [0.15, 0.2) is 29.6 Å². The molecular weight excluding hydrogens is 256 g/mol. The van der Waals surface area contributed by atoms with Crippen molar-refractivity contribution in [3.63, 3.8) is 0 Å². The van der Waals surface area contributed by atoms with Crippen molar-refractivity contribution in [2.75, 3.05) is 19.0 Å².